The Labute approximate surface area is 133 Å². The molecule has 0 unspecified atom stereocenters. The van der Waals surface area contributed by atoms with Crippen molar-refractivity contribution >= 4 is 23.3 Å². The maximum absolute atomic E-state index is 11.9. The normalized spacial score (nSPS) is 18.0. The molecule has 1 amide bonds. The SMILES string of the molecule is CC(C)(C)[S@@](=O)/N=C/C1(NC(=O)OCc2ccccc2)CC1. The standard InChI is InChI=1S/C16H22N2O3S/c1-15(2,3)22(20)17-12-16(9-10-16)18-14(19)21-11-13-7-5-4-6-8-13/h4-8,12H,9-11H2,1-3H3,(H,18,19)/b17-12+/t22-/m1/s1. The smallest absolute Gasteiger partial charge is 0.408 e. The van der Waals surface area contributed by atoms with Crippen LogP contribution in [0.4, 0.5) is 4.79 Å². The average Bonchev–Trinajstić information content (AvgIpc) is 3.22. The van der Waals surface area contributed by atoms with E-state index >= 15 is 0 Å². The second kappa shape index (κ2) is 6.60. The van der Waals surface area contributed by atoms with Crippen LogP contribution in [0.3, 0.4) is 0 Å². The van der Waals surface area contributed by atoms with E-state index in [0.29, 0.717) is 0 Å². The van der Waals surface area contributed by atoms with Gasteiger partial charge in [-0.25, -0.2) is 9.00 Å². The second-order valence-corrected chi connectivity index (χ2v) is 8.37. The molecule has 0 heterocycles. The van der Waals surface area contributed by atoms with Gasteiger partial charge < -0.3 is 10.1 Å². The van der Waals surface area contributed by atoms with Crippen molar-refractivity contribution in [2.45, 2.75) is 50.5 Å². The number of benzene rings is 1. The summed E-state index contributed by atoms with van der Waals surface area (Å²) in [5.41, 5.74) is 0.444. The second-order valence-electron chi connectivity index (χ2n) is 6.44. The van der Waals surface area contributed by atoms with E-state index in [4.69, 9.17) is 4.74 Å². The summed E-state index contributed by atoms with van der Waals surface area (Å²) in [6, 6.07) is 9.50. The van der Waals surface area contributed by atoms with Crippen LogP contribution in [0.25, 0.3) is 0 Å². The maximum Gasteiger partial charge on any atom is 0.408 e. The van der Waals surface area contributed by atoms with Crippen LogP contribution in [0.15, 0.2) is 34.7 Å². The van der Waals surface area contributed by atoms with Crippen molar-refractivity contribution in [1.29, 1.82) is 0 Å². The Hall–Kier alpha value is -1.69. The molecule has 0 aromatic heterocycles. The molecule has 0 bridgehead atoms. The Morgan fingerprint density at radius 3 is 2.55 bits per heavy atom. The Bertz CT molecular complexity index is 575. The summed E-state index contributed by atoms with van der Waals surface area (Å²) in [6.45, 7) is 5.82. The Kier molecular flexibility index (Phi) is 5.01. The molecule has 22 heavy (non-hydrogen) atoms. The summed E-state index contributed by atoms with van der Waals surface area (Å²) >= 11 is 0. The third kappa shape index (κ3) is 4.94. The topological polar surface area (TPSA) is 67.8 Å². The minimum atomic E-state index is -1.31. The number of rotatable bonds is 5. The number of amides is 1. The van der Waals surface area contributed by atoms with Gasteiger partial charge in [0.25, 0.3) is 0 Å². The third-order valence-corrected chi connectivity index (χ3v) is 4.62. The predicted molar refractivity (Wildman–Crippen MR) is 88.1 cm³/mol. The van der Waals surface area contributed by atoms with Gasteiger partial charge in [-0.1, -0.05) is 30.3 Å². The van der Waals surface area contributed by atoms with E-state index in [9.17, 15) is 9.00 Å². The highest BCUT2D eigenvalue weighted by molar-refractivity contribution is 7.85. The summed E-state index contributed by atoms with van der Waals surface area (Å²) in [7, 11) is -1.31. The lowest BCUT2D eigenvalue weighted by molar-refractivity contribution is 0.137. The largest absolute Gasteiger partial charge is 0.445 e. The van der Waals surface area contributed by atoms with Crippen LogP contribution in [0.5, 0.6) is 0 Å². The fraction of sp³-hybridized carbons (Fsp3) is 0.500. The van der Waals surface area contributed by atoms with Crippen LogP contribution in [0.2, 0.25) is 0 Å². The number of nitrogens with zero attached hydrogens (tertiary/aromatic N) is 1. The van der Waals surface area contributed by atoms with Crippen LogP contribution in [-0.4, -0.2) is 26.8 Å². The highest BCUT2D eigenvalue weighted by Crippen LogP contribution is 2.34. The number of nitrogens with one attached hydrogen (secondary N) is 1. The molecule has 1 aliphatic rings. The Morgan fingerprint density at radius 2 is 2.00 bits per heavy atom. The van der Waals surface area contributed by atoms with E-state index in [2.05, 4.69) is 9.71 Å². The number of hydrogen-bond donors (Lipinski definition) is 1. The van der Waals surface area contributed by atoms with E-state index in [-0.39, 0.29) is 6.61 Å². The first-order valence-corrected chi connectivity index (χ1v) is 8.38. The number of hydrogen-bond acceptors (Lipinski definition) is 3. The molecule has 0 spiro atoms. The molecule has 6 heteroatoms. The van der Waals surface area contributed by atoms with Gasteiger partial charge >= 0.3 is 6.09 Å². The van der Waals surface area contributed by atoms with Gasteiger partial charge in [-0.05, 0) is 39.2 Å². The third-order valence-electron chi connectivity index (χ3n) is 3.27. The van der Waals surface area contributed by atoms with Gasteiger partial charge in [-0.2, -0.15) is 4.40 Å². The molecule has 1 fully saturated rings. The molecule has 5 nitrogen and oxygen atoms in total. The summed E-state index contributed by atoms with van der Waals surface area (Å²) < 4.78 is 20.8. The van der Waals surface area contributed by atoms with Crippen molar-refractivity contribution < 1.29 is 13.7 Å². The van der Waals surface area contributed by atoms with Gasteiger partial charge in [0.2, 0.25) is 0 Å². The molecule has 1 aromatic rings. The van der Waals surface area contributed by atoms with Gasteiger partial charge in [-0.15, -0.1) is 0 Å². The molecule has 0 radical (unpaired) electrons. The highest BCUT2D eigenvalue weighted by atomic mass is 32.2. The van der Waals surface area contributed by atoms with Crippen molar-refractivity contribution in [3.8, 4) is 0 Å². The van der Waals surface area contributed by atoms with E-state index < -0.39 is 27.4 Å². The first-order valence-electron chi connectivity index (χ1n) is 7.27. The van der Waals surface area contributed by atoms with E-state index in [1.54, 1.807) is 6.21 Å². The van der Waals surface area contributed by atoms with Gasteiger partial charge in [0, 0.05) is 6.21 Å². The monoisotopic (exact) mass is 322 g/mol. The van der Waals surface area contributed by atoms with Crippen molar-refractivity contribution in [3.05, 3.63) is 35.9 Å². The van der Waals surface area contributed by atoms with Crippen molar-refractivity contribution in [1.82, 2.24) is 5.32 Å². The zero-order valence-electron chi connectivity index (χ0n) is 13.2. The minimum Gasteiger partial charge on any atom is -0.445 e. The molecule has 120 valence electrons. The van der Waals surface area contributed by atoms with Gasteiger partial charge in [0.05, 0.1) is 10.3 Å². The molecule has 1 saturated carbocycles. The number of alkyl carbamates (subject to hydrolysis) is 1. The lowest BCUT2D eigenvalue weighted by Gasteiger charge is -2.15. The van der Waals surface area contributed by atoms with Crippen LogP contribution in [0.1, 0.15) is 39.2 Å². The maximum atomic E-state index is 11.9. The molecule has 1 aliphatic carbocycles. The first-order chi connectivity index (χ1) is 10.3. The predicted octanol–water partition coefficient (Wildman–Crippen LogP) is 2.98. The zero-order valence-corrected chi connectivity index (χ0v) is 14.0. The first kappa shape index (κ1) is 16.7. The van der Waals surface area contributed by atoms with Crippen LogP contribution >= 0.6 is 0 Å². The number of carbonyl (C=O) groups is 1. The van der Waals surface area contributed by atoms with Gasteiger partial charge in [0.15, 0.2) is 0 Å². The summed E-state index contributed by atoms with van der Waals surface area (Å²) in [6.07, 6.45) is 2.70. The van der Waals surface area contributed by atoms with Crippen molar-refractivity contribution in [3.63, 3.8) is 0 Å². The zero-order chi connectivity index (χ0) is 16.2. The van der Waals surface area contributed by atoms with Gasteiger partial charge in [0.1, 0.15) is 17.6 Å². The Morgan fingerprint density at radius 1 is 1.36 bits per heavy atom. The van der Waals surface area contributed by atoms with Crippen LogP contribution in [-0.2, 0) is 22.3 Å². The molecule has 0 aliphatic heterocycles. The Balaban J connectivity index is 1.83. The summed E-state index contributed by atoms with van der Waals surface area (Å²) in [5.74, 6) is 0. The fourth-order valence-electron chi connectivity index (χ4n) is 1.69. The van der Waals surface area contributed by atoms with E-state index in [1.807, 2.05) is 51.1 Å². The molecule has 1 N–H and O–H groups in total. The summed E-state index contributed by atoms with van der Waals surface area (Å²) in [5, 5.41) is 2.80. The molecule has 1 aromatic carbocycles. The van der Waals surface area contributed by atoms with E-state index in [1.165, 1.54) is 0 Å². The van der Waals surface area contributed by atoms with Crippen molar-refractivity contribution in [2.24, 2.45) is 4.40 Å². The molecule has 1 atom stereocenters. The van der Waals surface area contributed by atoms with Crippen molar-refractivity contribution in [2.75, 3.05) is 0 Å². The summed E-state index contributed by atoms with van der Waals surface area (Å²) in [4.78, 5) is 11.8. The minimum absolute atomic E-state index is 0.230. The quantitative estimate of drug-likeness (QED) is 0.847. The van der Waals surface area contributed by atoms with Crippen LogP contribution < -0.4 is 5.32 Å². The van der Waals surface area contributed by atoms with E-state index in [0.717, 1.165) is 18.4 Å². The molecular formula is C16H22N2O3S. The molecule has 2 rings (SSSR count). The lowest BCUT2D eigenvalue weighted by Crippen LogP contribution is -2.38. The fourth-order valence-corrected chi connectivity index (χ4v) is 2.30. The van der Waals surface area contributed by atoms with Crippen LogP contribution in [0, 0.1) is 0 Å². The molecule has 0 saturated heterocycles. The van der Waals surface area contributed by atoms with Gasteiger partial charge in [-0.3, -0.25) is 0 Å². The lowest BCUT2D eigenvalue weighted by atomic mass is 10.2. The molecular weight excluding hydrogens is 300 g/mol. The average molecular weight is 322 g/mol. The number of ether oxygens (including phenoxy) is 1. The highest BCUT2D eigenvalue weighted by Gasteiger charge is 2.43. The number of carbonyl (C=O) groups excluding carboxylic acids is 1.